The van der Waals surface area contributed by atoms with Gasteiger partial charge in [-0.2, -0.15) is 0 Å². The van der Waals surface area contributed by atoms with Gasteiger partial charge in [-0.25, -0.2) is 0 Å². The zero-order valence-electron chi connectivity index (χ0n) is 8.41. The topological polar surface area (TPSA) is 12.0 Å². The van der Waals surface area contributed by atoms with Crippen LogP contribution >= 0.6 is 11.8 Å². The summed E-state index contributed by atoms with van der Waals surface area (Å²) in [5.41, 5.74) is 0. The van der Waals surface area contributed by atoms with E-state index in [4.69, 9.17) is 6.42 Å². The van der Waals surface area contributed by atoms with Crippen molar-refractivity contribution in [2.75, 3.05) is 18.1 Å². The van der Waals surface area contributed by atoms with Gasteiger partial charge in [0.25, 0.3) is 0 Å². The Morgan fingerprint density at radius 1 is 1.57 bits per heavy atom. The van der Waals surface area contributed by atoms with Crippen LogP contribution < -0.4 is 5.32 Å². The molecule has 0 bridgehead atoms. The second-order valence-corrected chi connectivity index (χ2v) is 5.16. The highest BCUT2D eigenvalue weighted by molar-refractivity contribution is 7.99. The van der Waals surface area contributed by atoms with Gasteiger partial charge in [0.2, 0.25) is 0 Å². The van der Waals surface area contributed by atoms with Gasteiger partial charge < -0.3 is 5.32 Å². The van der Waals surface area contributed by atoms with Crippen molar-refractivity contribution in [1.82, 2.24) is 5.32 Å². The van der Waals surface area contributed by atoms with Crippen molar-refractivity contribution in [2.45, 2.75) is 18.9 Å². The van der Waals surface area contributed by atoms with E-state index in [0.29, 0.717) is 0 Å². The lowest BCUT2D eigenvalue weighted by molar-refractivity contribution is 0.166. The monoisotopic (exact) mass is 207 g/mol. The van der Waals surface area contributed by atoms with E-state index in [-0.39, 0.29) is 0 Å². The summed E-state index contributed by atoms with van der Waals surface area (Å²) in [7, 11) is 0. The van der Waals surface area contributed by atoms with Gasteiger partial charge in [0.1, 0.15) is 0 Å². The Kier molecular flexibility index (Phi) is 3.55. The zero-order chi connectivity index (χ0) is 9.80. The van der Waals surface area contributed by atoms with E-state index in [1.54, 1.807) is 0 Å². The highest BCUT2D eigenvalue weighted by Gasteiger charge is 2.40. The van der Waals surface area contributed by atoms with Gasteiger partial charge in [-0.1, -0.05) is 18.1 Å². The molecule has 1 N–H and O–H groups in total. The average Bonchev–Trinajstić information content (AvgIpc) is 2.53. The van der Waals surface area contributed by atoms with Gasteiger partial charge in [0.15, 0.2) is 0 Å². The van der Waals surface area contributed by atoms with Gasteiger partial charge in [0, 0.05) is 18.3 Å². The van der Waals surface area contributed by atoms with E-state index in [2.05, 4.69) is 23.4 Å². The molecule has 0 spiro atoms. The Morgan fingerprint density at radius 2 is 2.50 bits per heavy atom. The van der Waals surface area contributed by atoms with Crippen LogP contribution in [0.5, 0.6) is 0 Å². The van der Waals surface area contributed by atoms with E-state index in [1.807, 2.05) is 11.8 Å². The van der Waals surface area contributed by atoms with Crippen molar-refractivity contribution in [3.05, 3.63) is 12.2 Å². The molecule has 3 unspecified atom stereocenters. The van der Waals surface area contributed by atoms with Crippen LogP contribution in [0, 0.1) is 24.2 Å². The normalized spacial score (nSPS) is 33.5. The molecular formula is C12H17NS. The van der Waals surface area contributed by atoms with Crippen LogP contribution in [0.2, 0.25) is 0 Å². The minimum absolute atomic E-state index is 0.755. The lowest BCUT2D eigenvalue weighted by Gasteiger charge is -2.40. The fourth-order valence-electron chi connectivity index (χ4n) is 2.40. The molecule has 2 aliphatic carbocycles. The minimum Gasteiger partial charge on any atom is -0.313 e. The maximum atomic E-state index is 5.18. The predicted octanol–water partition coefficient (Wildman–Crippen LogP) is 1.91. The van der Waals surface area contributed by atoms with Crippen LogP contribution in [0.3, 0.4) is 0 Å². The predicted molar refractivity (Wildman–Crippen MR) is 63.3 cm³/mol. The zero-order valence-corrected chi connectivity index (χ0v) is 9.22. The van der Waals surface area contributed by atoms with Crippen LogP contribution in [0.15, 0.2) is 12.2 Å². The minimum atomic E-state index is 0.755. The SMILES string of the molecule is C#CCSCCNC1CC2CC=CC21. The van der Waals surface area contributed by atoms with E-state index < -0.39 is 0 Å². The Labute approximate surface area is 90.7 Å². The number of nitrogens with one attached hydrogen (secondary N) is 1. The van der Waals surface area contributed by atoms with E-state index in [9.17, 15) is 0 Å². The third-order valence-corrected chi connectivity index (χ3v) is 4.06. The first-order valence-electron chi connectivity index (χ1n) is 5.33. The molecule has 3 atom stereocenters. The molecule has 0 amide bonds. The first-order valence-corrected chi connectivity index (χ1v) is 6.48. The summed E-state index contributed by atoms with van der Waals surface area (Å²) in [6.45, 7) is 1.11. The smallest absolute Gasteiger partial charge is 0.0545 e. The molecule has 2 aliphatic rings. The maximum absolute atomic E-state index is 5.18. The Morgan fingerprint density at radius 3 is 3.29 bits per heavy atom. The molecule has 0 radical (unpaired) electrons. The van der Waals surface area contributed by atoms with Crippen LogP contribution in [0.4, 0.5) is 0 Å². The molecule has 76 valence electrons. The molecule has 0 heterocycles. The number of hydrogen-bond acceptors (Lipinski definition) is 2. The Balaban J connectivity index is 1.55. The fraction of sp³-hybridized carbons (Fsp3) is 0.667. The van der Waals surface area contributed by atoms with E-state index in [1.165, 1.54) is 12.8 Å². The highest BCUT2D eigenvalue weighted by atomic mass is 32.2. The fourth-order valence-corrected chi connectivity index (χ4v) is 2.92. The summed E-state index contributed by atoms with van der Waals surface area (Å²) < 4.78 is 0. The molecule has 1 nitrogen and oxygen atoms in total. The number of rotatable bonds is 5. The van der Waals surface area contributed by atoms with Crippen molar-refractivity contribution in [3.8, 4) is 12.3 Å². The van der Waals surface area contributed by atoms with Crippen molar-refractivity contribution < 1.29 is 0 Å². The molecule has 0 aromatic rings. The van der Waals surface area contributed by atoms with Crippen molar-refractivity contribution in [3.63, 3.8) is 0 Å². The summed E-state index contributed by atoms with van der Waals surface area (Å²) in [6.07, 6.45) is 12.6. The molecule has 2 heteroatoms. The quantitative estimate of drug-likeness (QED) is 0.420. The van der Waals surface area contributed by atoms with E-state index in [0.717, 1.165) is 35.9 Å². The Bertz CT molecular complexity index is 254. The first kappa shape index (κ1) is 10.1. The summed E-state index contributed by atoms with van der Waals surface area (Å²) >= 11 is 1.84. The van der Waals surface area contributed by atoms with Gasteiger partial charge in [-0.15, -0.1) is 18.2 Å². The molecule has 14 heavy (non-hydrogen) atoms. The summed E-state index contributed by atoms with van der Waals surface area (Å²) in [5.74, 6) is 6.44. The number of hydrogen-bond donors (Lipinski definition) is 1. The second kappa shape index (κ2) is 4.91. The molecule has 1 fully saturated rings. The molecule has 0 saturated heterocycles. The average molecular weight is 207 g/mol. The summed E-state index contributed by atoms with van der Waals surface area (Å²) in [4.78, 5) is 0. The van der Waals surface area contributed by atoms with Crippen LogP contribution in [-0.2, 0) is 0 Å². The van der Waals surface area contributed by atoms with Crippen LogP contribution in [0.1, 0.15) is 12.8 Å². The standard InChI is InChI=1S/C12H17NS/c1-2-7-14-8-6-13-12-9-10-4-3-5-11(10)12/h1,3,5,10-13H,4,6-9H2. The third kappa shape index (κ3) is 2.16. The van der Waals surface area contributed by atoms with Gasteiger partial charge in [0.05, 0.1) is 5.75 Å². The largest absolute Gasteiger partial charge is 0.313 e. The number of terminal acetylenes is 1. The number of thioether (sulfide) groups is 1. The van der Waals surface area contributed by atoms with Crippen molar-refractivity contribution in [2.24, 2.45) is 11.8 Å². The number of allylic oxidation sites excluding steroid dienone is 1. The Hall–Kier alpha value is -0.390. The van der Waals surface area contributed by atoms with Crippen molar-refractivity contribution in [1.29, 1.82) is 0 Å². The molecule has 0 aliphatic heterocycles. The lowest BCUT2D eigenvalue weighted by atomic mass is 9.71. The molecule has 0 aromatic heterocycles. The third-order valence-electron chi connectivity index (χ3n) is 3.20. The van der Waals surface area contributed by atoms with Crippen LogP contribution in [0.25, 0.3) is 0 Å². The van der Waals surface area contributed by atoms with Gasteiger partial charge in [-0.05, 0) is 24.7 Å². The highest BCUT2D eigenvalue weighted by Crippen LogP contribution is 2.42. The first-order chi connectivity index (χ1) is 6.92. The lowest BCUT2D eigenvalue weighted by Crippen LogP contribution is -2.48. The van der Waals surface area contributed by atoms with Crippen LogP contribution in [-0.4, -0.2) is 24.1 Å². The summed E-state index contributed by atoms with van der Waals surface area (Å²) in [6, 6.07) is 0.755. The molecule has 1 saturated carbocycles. The van der Waals surface area contributed by atoms with Gasteiger partial charge >= 0.3 is 0 Å². The van der Waals surface area contributed by atoms with Crippen molar-refractivity contribution >= 4 is 11.8 Å². The second-order valence-electron chi connectivity index (χ2n) is 4.05. The molecular weight excluding hydrogens is 190 g/mol. The number of fused-ring (bicyclic) bond motifs is 1. The van der Waals surface area contributed by atoms with E-state index >= 15 is 0 Å². The van der Waals surface area contributed by atoms with Gasteiger partial charge in [-0.3, -0.25) is 0 Å². The summed E-state index contributed by atoms with van der Waals surface area (Å²) in [5, 5.41) is 3.61. The molecule has 2 rings (SSSR count). The maximum Gasteiger partial charge on any atom is 0.0545 e. The molecule has 0 aromatic carbocycles.